The summed E-state index contributed by atoms with van der Waals surface area (Å²) in [6.45, 7) is -0.0337. The van der Waals surface area contributed by atoms with Gasteiger partial charge in [0.1, 0.15) is 6.10 Å². The molecule has 0 aliphatic carbocycles. The van der Waals surface area contributed by atoms with Crippen molar-refractivity contribution in [2.45, 2.75) is 25.2 Å². The largest absolute Gasteiger partial charge is 0.392 e. The van der Waals surface area contributed by atoms with Crippen molar-refractivity contribution >= 4 is 15.9 Å². The third-order valence-electron chi connectivity index (χ3n) is 2.53. The molecule has 2 unspecified atom stereocenters. The summed E-state index contributed by atoms with van der Waals surface area (Å²) in [6, 6.07) is 4.97. The molecule has 0 aliphatic rings. The molecule has 0 heterocycles. The highest BCUT2D eigenvalue weighted by Crippen LogP contribution is 2.24. The van der Waals surface area contributed by atoms with Crippen LogP contribution in [-0.2, 0) is 6.61 Å². The Morgan fingerprint density at radius 1 is 1.39 bits per heavy atom. The molecule has 6 nitrogen and oxygen atoms in total. The first-order chi connectivity index (χ1) is 8.60. The lowest BCUT2D eigenvalue weighted by molar-refractivity contribution is 0.0149. The van der Waals surface area contributed by atoms with E-state index in [1.165, 1.54) is 0 Å². The molecular formula is C11H14BrN3O3. The summed E-state index contributed by atoms with van der Waals surface area (Å²) in [7, 11) is 0. The number of aliphatic hydroxyl groups is 3. The normalized spacial score (nSPS) is 13.8. The van der Waals surface area contributed by atoms with Gasteiger partial charge in [-0.3, -0.25) is 0 Å². The number of halogens is 1. The van der Waals surface area contributed by atoms with Gasteiger partial charge in [-0.15, -0.1) is 0 Å². The number of hydrogen-bond donors (Lipinski definition) is 3. The van der Waals surface area contributed by atoms with Gasteiger partial charge in [-0.1, -0.05) is 27.1 Å². The molecule has 0 fully saturated rings. The van der Waals surface area contributed by atoms with Gasteiger partial charge >= 0.3 is 0 Å². The lowest BCUT2D eigenvalue weighted by atomic mass is 10.0. The molecule has 1 aromatic rings. The van der Waals surface area contributed by atoms with Crippen molar-refractivity contribution in [2.75, 3.05) is 6.54 Å². The quantitative estimate of drug-likeness (QED) is 0.424. The molecule has 0 saturated heterocycles. The van der Waals surface area contributed by atoms with E-state index < -0.39 is 12.2 Å². The zero-order valence-electron chi connectivity index (χ0n) is 9.57. The summed E-state index contributed by atoms with van der Waals surface area (Å²) in [6.07, 6.45) is -1.91. The first kappa shape index (κ1) is 14.9. The molecule has 3 N–H and O–H groups in total. The lowest BCUT2D eigenvalue weighted by Gasteiger charge is -2.18. The van der Waals surface area contributed by atoms with Crippen LogP contribution in [0.4, 0.5) is 0 Å². The monoisotopic (exact) mass is 315 g/mol. The zero-order chi connectivity index (χ0) is 13.5. The summed E-state index contributed by atoms with van der Waals surface area (Å²) in [4.78, 5) is 2.57. The van der Waals surface area contributed by atoms with E-state index in [-0.39, 0.29) is 19.6 Å². The Kier molecular flexibility index (Phi) is 6.11. The van der Waals surface area contributed by atoms with Crippen LogP contribution in [0.1, 0.15) is 23.7 Å². The second kappa shape index (κ2) is 7.35. The fraction of sp³-hybridized carbons (Fsp3) is 0.455. The summed E-state index contributed by atoms with van der Waals surface area (Å²) in [5.74, 6) is 0. The van der Waals surface area contributed by atoms with Crippen molar-refractivity contribution < 1.29 is 15.3 Å². The highest BCUT2D eigenvalue weighted by Gasteiger charge is 2.18. The van der Waals surface area contributed by atoms with Crippen LogP contribution in [-0.4, -0.2) is 28.0 Å². The Morgan fingerprint density at radius 2 is 2.11 bits per heavy atom. The Bertz CT molecular complexity index is 449. The number of azide groups is 1. The molecule has 0 saturated carbocycles. The molecule has 2 atom stereocenters. The molecule has 1 aromatic carbocycles. The van der Waals surface area contributed by atoms with E-state index in [0.29, 0.717) is 11.1 Å². The fourth-order valence-electron chi connectivity index (χ4n) is 1.51. The maximum absolute atomic E-state index is 9.92. The lowest BCUT2D eigenvalue weighted by Crippen LogP contribution is -2.19. The average Bonchev–Trinajstić information content (AvgIpc) is 2.38. The molecule has 0 bridgehead atoms. The second-order valence-electron chi connectivity index (χ2n) is 3.76. The van der Waals surface area contributed by atoms with E-state index in [1.54, 1.807) is 18.2 Å². The number of nitrogens with zero attached hydrogens (tertiary/aromatic N) is 3. The molecule has 0 aliphatic heterocycles. The van der Waals surface area contributed by atoms with Crippen LogP contribution in [0.15, 0.2) is 27.8 Å². The molecular weight excluding hydrogens is 302 g/mol. The van der Waals surface area contributed by atoms with E-state index in [2.05, 4.69) is 26.0 Å². The van der Waals surface area contributed by atoms with Crippen LogP contribution in [0.2, 0.25) is 0 Å². The average molecular weight is 316 g/mol. The zero-order valence-corrected chi connectivity index (χ0v) is 11.2. The van der Waals surface area contributed by atoms with Gasteiger partial charge in [0.15, 0.2) is 0 Å². The number of hydrogen-bond acceptors (Lipinski definition) is 4. The van der Waals surface area contributed by atoms with Gasteiger partial charge in [0.25, 0.3) is 0 Å². The predicted octanol–water partition coefficient (Wildman–Crippen LogP) is 2.04. The molecule has 1 rings (SSSR count). The van der Waals surface area contributed by atoms with E-state index in [9.17, 15) is 10.2 Å². The highest BCUT2D eigenvalue weighted by atomic mass is 79.9. The van der Waals surface area contributed by atoms with Gasteiger partial charge < -0.3 is 15.3 Å². The summed E-state index contributed by atoms with van der Waals surface area (Å²) in [5, 5.41) is 32.0. The minimum Gasteiger partial charge on any atom is -0.392 e. The Balaban J connectivity index is 2.76. The van der Waals surface area contributed by atoms with E-state index in [1.807, 2.05) is 0 Å². The summed E-state index contributed by atoms with van der Waals surface area (Å²) < 4.78 is 0.740. The van der Waals surface area contributed by atoms with Crippen LogP contribution in [0.3, 0.4) is 0 Å². The van der Waals surface area contributed by atoms with Crippen molar-refractivity contribution in [1.82, 2.24) is 0 Å². The first-order valence-electron chi connectivity index (χ1n) is 5.36. The Morgan fingerprint density at radius 3 is 2.72 bits per heavy atom. The molecule has 7 heteroatoms. The van der Waals surface area contributed by atoms with Crippen LogP contribution >= 0.6 is 15.9 Å². The molecule has 0 radical (unpaired) electrons. The molecule has 18 heavy (non-hydrogen) atoms. The van der Waals surface area contributed by atoms with E-state index >= 15 is 0 Å². The number of benzene rings is 1. The fourth-order valence-corrected chi connectivity index (χ4v) is 1.89. The predicted molar refractivity (Wildman–Crippen MR) is 69.7 cm³/mol. The Labute approximate surface area is 113 Å². The standard InChI is InChI=1S/C11H14BrN3O3/c12-9-2-1-7(5-8(9)6-16)11(18)10(17)3-4-14-15-13/h1-2,5,10-11,16-18H,3-4,6H2. The maximum atomic E-state index is 9.92. The van der Waals surface area contributed by atoms with Gasteiger partial charge in [-0.25, -0.2) is 0 Å². The van der Waals surface area contributed by atoms with Crippen molar-refractivity contribution in [3.63, 3.8) is 0 Å². The van der Waals surface area contributed by atoms with Gasteiger partial charge in [0.05, 0.1) is 12.7 Å². The molecule has 0 spiro atoms. The van der Waals surface area contributed by atoms with Crippen LogP contribution in [0.25, 0.3) is 10.4 Å². The minimum atomic E-state index is -1.07. The topological polar surface area (TPSA) is 109 Å². The highest BCUT2D eigenvalue weighted by molar-refractivity contribution is 9.10. The number of rotatable bonds is 6. The first-order valence-corrected chi connectivity index (χ1v) is 6.15. The third-order valence-corrected chi connectivity index (χ3v) is 3.31. The van der Waals surface area contributed by atoms with Gasteiger partial charge in [-0.2, -0.15) is 0 Å². The van der Waals surface area contributed by atoms with Crippen molar-refractivity contribution in [2.24, 2.45) is 5.11 Å². The van der Waals surface area contributed by atoms with Gasteiger partial charge in [0.2, 0.25) is 0 Å². The summed E-state index contributed by atoms with van der Waals surface area (Å²) in [5.41, 5.74) is 9.26. The third kappa shape index (κ3) is 3.97. The van der Waals surface area contributed by atoms with Crippen molar-refractivity contribution in [1.29, 1.82) is 0 Å². The smallest absolute Gasteiger partial charge is 0.105 e. The van der Waals surface area contributed by atoms with E-state index in [4.69, 9.17) is 10.6 Å². The molecule has 0 aromatic heterocycles. The summed E-state index contributed by atoms with van der Waals surface area (Å²) >= 11 is 3.27. The Hall–Kier alpha value is -1.11. The number of aliphatic hydroxyl groups excluding tert-OH is 3. The van der Waals surface area contributed by atoms with Gasteiger partial charge in [-0.05, 0) is 35.2 Å². The van der Waals surface area contributed by atoms with Crippen LogP contribution in [0.5, 0.6) is 0 Å². The van der Waals surface area contributed by atoms with Crippen molar-refractivity contribution in [3.8, 4) is 0 Å². The molecule has 0 amide bonds. The van der Waals surface area contributed by atoms with Crippen molar-refractivity contribution in [3.05, 3.63) is 44.2 Å². The minimum absolute atomic E-state index is 0.123. The van der Waals surface area contributed by atoms with Crippen LogP contribution in [0, 0.1) is 0 Å². The molecule has 98 valence electrons. The maximum Gasteiger partial charge on any atom is 0.105 e. The van der Waals surface area contributed by atoms with E-state index in [0.717, 1.165) is 4.47 Å². The SMILES string of the molecule is [N-]=[N+]=NCCC(O)C(O)c1ccc(Br)c(CO)c1. The second-order valence-corrected chi connectivity index (χ2v) is 4.62. The van der Waals surface area contributed by atoms with Gasteiger partial charge in [0, 0.05) is 15.9 Å². The van der Waals surface area contributed by atoms with Crippen LogP contribution < -0.4 is 0 Å².